The molecule has 0 amide bonds. The summed E-state index contributed by atoms with van der Waals surface area (Å²) in [6.45, 7) is 1.59. The van der Waals surface area contributed by atoms with Crippen LogP contribution in [0.5, 0.6) is 0 Å². The highest BCUT2D eigenvalue weighted by atomic mass is 19.1. The molecular formula is C13H18FNO. The molecule has 88 valence electrons. The van der Waals surface area contributed by atoms with Crippen LogP contribution in [0.3, 0.4) is 0 Å². The van der Waals surface area contributed by atoms with Crippen LogP contribution >= 0.6 is 0 Å². The number of hydrogen-bond donors (Lipinski definition) is 1. The molecule has 0 unspecified atom stereocenters. The van der Waals surface area contributed by atoms with Gasteiger partial charge in [0.15, 0.2) is 0 Å². The Labute approximate surface area is 95.8 Å². The van der Waals surface area contributed by atoms with Crippen LogP contribution in [0.15, 0.2) is 24.3 Å². The maximum atomic E-state index is 13.1. The second-order valence-corrected chi connectivity index (χ2v) is 4.35. The van der Waals surface area contributed by atoms with E-state index in [0.29, 0.717) is 12.0 Å². The first-order chi connectivity index (χ1) is 7.79. The SMILES string of the molecule is CN[C@H]1CCOC[C@H]1Cc1cccc(F)c1. The van der Waals surface area contributed by atoms with E-state index in [1.807, 2.05) is 13.1 Å². The van der Waals surface area contributed by atoms with Crippen molar-refractivity contribution in [3.63, 3.8) is 0 Å². The van der Waals surface area contributed by atoms with Crippen LogP contribution in [0.4, 0.5) is 4.39 Å². The average Bonchev–Trinajstić information content (AvgIpc) is 2.30. The zero-order valence-corrected chi connectivity index (χ0v) is 9.58. The Morgan fingerprint density at radius 2 is 2.38 bits per heavy atom. The summed E-state index contributed by atoms with van der Waals surface area (Å²) < 4.78 is 18.5. The van der Waals surface area contributed by atoms with E-state index in [2.05, 4.69) is 5.32 Å². The number of ether oxygens (including phenoxy) is 1. The summed E-state index contributed by atoms with van der Waals surface area (Å²) in [7, 11) is 1.98. The number of benzene rings is 1. The molecule has 1 N–H and O–H groups in total. The fourth-order valence-corrected chi connectivity index (χ4v) is 2.34. The first kappa shape index (κ1) is 11.6. The quantitative estimate of drug-likeness (QED) is 0.846. The third-order valence-electron chi connectivity index (χ3n) is 3.23. The van der Waals surface area contributed by atoms with Crippen LogP contribution in [-0.2, 0) is 11.2 Å². The number of halogens is 1. The molecule has 1 aromatic rings. The van der Waals surface area contributed by atoms with Gasteiger partial charge in [-0.3, -0.25) is 0 Å². The minimum absolute atomic E-state index is 0.157. The van der Waals surface area contributed by atoms with E-state index in [1.54, 1.807) is 12.1 Å². The minimum Gasteiger partial charge on any atom is -0.381 e. The molecule has 1 aliphatic heterocycles. The lowest BCUT2D eigenvalue weighted by atomic mass is 9.89. The summed E-state index contributed by atoms with van der Waals surface area (Å²) in [6, 6.07) is 7.32. The van der Waals surface area contributed by atoms with E-state index in [-0.39, 0.29) is 5.82 Å². The lowest BCUT2D eigenvalue weighted by molar-refractivity contribution is 0.0342. The highest BCUT2D eigenvalue weighted by Gasteiger charge is 2.24. The third-order valence-corrected chi connectivity index (χ3v) is 3.23. The van der Waals surface area contributed by atoms with Crippen molar-refractivity contribution in [2.24, 2.45) is 5.92 Å². The second kappa shape index (κ2) is 5.41. The summed E-state index contributed by atoms with van der Waals surface area (Å²) in [5.74, 6) is 0.288. The molecule has 2 rings (SSSR count). The van der Waals surface area contributed by atoms with Gasteiger partial charge in [-0.25, -0.2) is 4.39 Å². The Morgan fingerprint density at radius 3 is 3.12 bits per heavy atom. The average molecular weight is 223 g/mol. The molecule has 2 nitrogen and oxygen atoms in total. The molecule has 16 heavy (non-hydrogen) atoms. The smallest absolute Gasteiger partial charge is 0.123 e. The van der Waals surface area contributed by atoms with Gasteiger partial charge in [-0.15, -0.1) is 0 Å². The highest BCUT2D eigenvalue weighted by molar-refractivity contribution is 5.17. The van der Waals surface area contributed by atoms with Crippen LogP contribution < -0.4 is 5.32 Å². The van der Waals surface area contributed by atoms with Gasteiger partial charge >= 0.3 is 0 Å². The van der Waals surface area contributed by atoms with Crippen molar-refractivity contribution >= 4 is 0 Å². The fraction of sp³-hybridized carbons (Fsp3) is 0.538. The molecule has 1 fully saturated rings. The first-order valence-electron chi connectivity index (χ1n) is 5.79. The summed E-state index contributed by atoms with van der Waals surface area (Å²) in [6.07, 6.45) is 1.92. The predicted molar refractivity (Wildman–Crippen MR) is 61.9 cm³/mol. The summed E-state index contributed by atoms with van der Waals surface area (Å²) in [4.78, 5) is 0. The van der Waals surface area contributed by atoms with Gasteiger partial charge in [0.1, 0.15) is 5.82 Å². The van der Waals surface area contributed by atoms with Crippen molar-refractivity contribution in [3.8, 4) is 0 Å². The summed E-state index contributed by atoms with van der Waals surface area (Å²) in [5.41, 5.74) is 1.05. The summed E-state index contributed by atoms with van der Waals surface area (Å²) >= 11 is 0. The number of rotatable bonds is 3. The van der Waals surface area contributed by atoms with Crippen molar-refractivity contribution in [2.45, 2.75) is 18.9 Å². The van der Waals surface area contributed by atoms with E-state index in [4.69, 9.17) is 4.74 Å². The lowest BCUT2D eigenvalue weighted by Crippen LogP contribution is -2.41. The standard InChI is InChI=1S/C13H18FNO/c1-15-13-5-6-16-9-11(13)7-10-3-2-4-12(14)8-10/h2-4,8,11,13,15H,5-7,9H2,1H3/t11-,13+/m1/s1. The minimum atomic E-state index is -0.157. The van der Waals surface area contributed by atoms with Crippen molar-refractivity contribution in [1.29, 1.82) is 0 Å². The van der Waals surface area contributed by atoms with Gasteiger partial charge in [-0.2, -0.15) is 0 Å². The predicted octanol–water partition coefficient (Wildman–Crippen LogP) is 1.99. The zero-order chi connectivity index (χ0) is 11.4. The Balaban J connectivity index is 2.02. The normalized spacial score (nSPS) is 25.6. The fourth-order valence-electron chi connectivity index (χ4n) is 2.34. The van der Waals surface area contributed by atoms with Crippen LogP contribution in [0.2, 0.25) is 0 Å². The maximum Gasteiger partial charge on any atom is 0.123 e. The van der Waals surface area contributed by atoms with Gasteiger partial charge in [0.25, 0.3) is 0 Å². The topological polar surface area (TPSA) is 21.3 Å². The van der Waals surface area contributed by atoms with Crippen LogP contribution in [0, 0.1) is 11.7 Å². The molecule has 0 spiro atoms. The number of nitrogens with one attached hydrogen (secondary N) is 1. The number of hydrogen-bond acceptors (Lipinski definition) is 2. The molecule has 1 saturated heterocycles. The second-order valence-electron chi connectivity index (χ2n) is 4.35. The molecule has 0 saturated carbocycles. The maximum absolute atomic E-state index is 13.1. The van der Waals surface area contributed by atoms with Gasteiger partial charge in [-0.05, 0) is 37.6 Å². The van der Waals surface area contributed by atoms with Gasteiger partial charge in [-0.1, -0.05) is 12.1 Å². The molecule has 2 atom stereocenters. The van der Waals surface area contributed by atoms with Gasteiger partial charge in [0, 0.05) is 18.6 Å². The molecule has 0 aliphatic carbocycles. The zero-order valence-electron chi connectivity index (χ0n) is 9.58. The Hall–Kier alpha value is -0.930. The van der Waals surface area contributed by atoms with Gasteiger partial charge in [0.05, 0.1) is 6.61 Å². The molecular weight excluding hydrogens is 205 g/mol. The summed E-state index contributed by atoms with van der Waals surface area (Å²) in [5, 5.41) is 3.32. The molecule has 0 aromatic heterocycles. The molecule has 0 bridgehead atoms. The largest absolute Gasteiger partial charge is 0.381 e. The molecule has 1 aliphatic rings. The van der Waals surface area contributed by atoms with Crippen molar-refractivity contribution in [3.05, 3.63) is 35.6 Å². The van der Waals surface area contributed by atoms with Gasteiger partial charge < -0.3 is 10.1 Å². The van der Waals surface area contributed by atoms with E-state index in [1.165, 1.54) is 6.07 Å². The third kappa shape index (κ3) is 2.80. The first-order valence-corrected chi connectivity index (χ1v) is 5.79. The molecule has 1 heterocycles. The Kier molecular flexibility index (Phi) is 3.91. The Morgan fingerprint density at radius 1 is 1.50 bits per heavy atom. The van der Waals surface area contributed by atoms with E-state index in [9.17, 15) is 4.39 Å². The molecule has 3 heteroatoms. The highest BCUT2D eigenvalue weighted by Crippen LogP contribution is 2.19. The lowest BCUT2D eigenvalue weighted by Gasteiger charge is -2.31. The van der Waals surface area contributed by atoms with Gasteiger partial charge in [0.2, 0.25) is 0 Å². The van der Waals surface area contributed by atoms with Crippen molar-refractivity contribution in [1.82, 2.24) is 5.32 Å². The van der Waals surface area contributed by atoms with Crippen LogP contribution in [0.1, 0.15) is 12.0 Å². The Bertz CT molecular complexity index is 342. The van der Waals surface area contributed by atoms with Crippen molar-refractivity contribution in [2.75, 3.05) is 20.3 Å². The monoisotopic (exact) mass is 223 g/mol. The van der Waals surface area contributed by atoms with E-state index >= 15 is 0 Å². The van der Waals surface area contributed by atoms with Crippen LogP contribution in [-0.4, -0.2) is 26.3 Å². The van der Waals surface area contributed by atoms with Crippen LogP contribution in [0.25, 0.3) is 0 Å². The molecule has 1 aromatic carbocycles. The van der Waals surface area contributed by atoms with E-state index in [0.717, 1.165) is 31.6 Å². The molecule has 0 radical (unpaired) electrons. The van der Waals surface area contributed by atoms with E-state index < -0.39 is 0 Å². The van der Waals surface area contributed by atoms with Crippen molar-refractivity contribution < 1.29 is 9.13 Å².